The van der Waals surface area contributed by atoms with Crippen LogP contribution in [0.25, 0.3) is 0 Å². The zero-order chi connectivity index (χ0) is 30.5. The summed E-state index contributed by atoms with van der Waals surface area (Å²) in [5.41, 5.74) is 3.75. The van der Waals surface area contributed by atoms with E-state index in [4.69, 9.17) is 14.2 Å². The van der Waals surface area contributed by atoms with Gasteiger partial charge in [0.25, 0.3) is 11.8 Å². The lowest BCUT2D eigenvalue weighted by Crippen LogP contribution is -2.42. The number of methoxy groups -OCH3 is 3. The second kappa shape index (κ2) is 13.2. The lowest BCUT2D eigenvalue weighted by molar-refractivity contribution is -0.134. The van der Waals surface area contributed by atoms with Crippen molar-refractivity contribution in [2.45, 2.75) is 25.7 Å². The first-order chi connectivity index (χ1) is 20.8. The molecule has 3 aromatic rings. The van der Waals surface area contributed by atoms with Crippen LogP contribution in [0.1, 0.15) is 44.7 Å². The van der Waals surface area contributed by atoms with E-state index in [1.165, 1.54) is 4.90 Å². The molecule has 0 saturated carbocycles. The molecule has 0 aromatic heterocycles. The first kappa shape index (κ1) is 29.9. The number of benzene rings is 3. The van der Waals surface area contributed by atoms with Gasteiger partial charge in [-0.15, -0.1) is 0 Å². The fourth-order valence-corrected chi connectivity index (χ4v) is 5.97. The SMILES string of the molecule is COc1cccc(CCN2C(=O)c3cccc(N4CCC(C(=O)N(C)CCc5ccc(OC)c(OC)c5)CC4)c3C2=O)c1. The first-order valence-corrected chi connectivity index (χ1v) is 14.7. The lowest BCUT2D eigenvalue weighted by atomic mass is 9.94. The average Bonchev–Trinajstić information content (AvgIpc) is 3.30. The van der Waals surface area contributed by atoms with Crippen LogP contribution in [0, 0.1) is 5.92 Å². The van der Waals surface area contributed by atoms with E-state index in [1.807, 2.05) is 61.6 Å². The predicted molar refractivity (Wildman–Crippen MR) is 164 cm³/mol. The lowest BCUT2D eigenvalue weighted by Gasteiger charge is -2.35. The number of likely N-dealkylation sites (N-methyl/N-ethyl adjacent to an activating group) is 1. The summed E-state index contributed by atoms with van der Waals surface area (Å²) in [5, 5.41) is 0. The van der Waals surface area contributed by atoms with Gasteiger partial charge in [-0.2, -0.15) is 0 Å². The Morgan fingerprint density at radius 2 is 1.56 bits per heavy atom. The van der Waals surface area contributed by atoms with Crippen LogP contribution in [-0.2, 0) is 17.6 Å². The molecule has 226 valence electrons. The molecule has 2 aliphatic rings. The van der Waals surface area contributed by atoms with Crippen LogP contribution in [0.5, 0.6) is 17.2 Å². The Labute approximate surface area is 252 Å². The van der Waals surface area contributed by atoms with Crippen LogP contribution in [0.2, 0.25) is 0 Å². The molecule has 0 radical (unpaired) electrons. The van der Waals surface area contributed by atoms with E-state index in [0.29, 0.717) is 74.5 Å². The number of carbonyl (C=O) groups excluding carboxylic acids is 3. The first-order valence-electron chi connectivity index (χ1n) is 14.7. The number of hydrogen-bond acceptors (Lipinski definition) is 7. The summed E-state index contributed by atoms with van der Waals surface area (Å²) in [7, 11) is 6.69. The molecule has 5 rings (SSSR count). The number of anilines is 1. The van der Waals surface area contributed by atoms with Gasteiger partial charge in [0.2, 0.25) is 5.91 Å². The molecule has 43 heavy (non-hydrogen) atoms. The highest BCUT2D eigenvalue weighted by Crippen LogP contribution is 2.34. The third-order valence-electron chi connectivity index (χ3n) is 8.48. The Hall–Kier alpha value is -4.53. The van der Waals surface area contributed by atoms with Gasteiger partial charge in [0.1, 0.15) is 5.75 Å². The van der Waals surface area contributed by atoms with Crippen molar-refractivity contribution in [3.63, 3.8) is 0 Å². The molecule has 1 saturated heterocycles. The molecule has 0 atom stereocenters. The predicted octanol–water partition coefficient (Wildman–Crippen LogP) is 4.47. The molecule has 9 heteroatoms. The van der Waals surface area contributed by atoms with Crippen LogP contribution < -0.4 is 19.1 Å². The molecular weight excluding hydrogens is 546 g/mol. The van der Waals surface area contributed by atoms with Crippen LogP contribution in [0.15, 0.2) is 60.7 Å². The summed E-state index contributed by atoms with van der Waals surface area (Å²) in [6.45, 7) is 2.18. The summed E-state index contributed by atoms with van der Waals surface area (Å²) in [6.07, 6.45) is 2.63. The van der Waals surface area contributed by atoms with Crippen molar-refractivity contribution in [3.8, 4) is 17.2 Å². The number of ether oxygens (including phenoxy) is 3. The van der Waals surface area contributed by atoms with Crippen LogP contribution in [-0.4, -0.2) is 82.1 Å². The number of hydrogen-bond donors (Lipinski definition) is 0. The minimum absolute atomic E-state index is 0.0832. The summed E-state index contributed by atoms with van der Waals surface area (Å²) < 4.78 is 16.0. The van der Waals surface area contributed by atoms with Crippen molar-refractivity contribution < 1.29 is 28.6 Å². The maximum absolute atomic E-state index is 13.5. The van der Waals surface area contributed by atoms with E-state index in [0.717, 1.165) is 22.6 Å². The Bertz CT molecular complexity index is 1500. The monoisotopic (exact) mass is 585 g/mol. The number of fused-ring (bicyclic) bond motifs is 1. The van der Waals surface area contributed by atoms with E-state index in [9.17, 15) is 14.4 Å². The highest BCUT2D eigenvalue weighted by molar-refractivity contribution is 6.23. The molecule has 3 aromatic carbocycles. The number of nitrogens with zero attached hydrogens (tertiary/aromatic N) is 3. The fourth-order valence-electron chi connectivity index (χ4n) is 5.97. The summed E-state index contributed by atoms with van der Waals surface area (Å²) in [5.74, 6) is 1.63. The van der Waals surface area contributed by atoms with Crippen LogP contribution >= 0.6 is 0 Å². The van der Waals surface area contributed by atoms with Crippen LogP contribution in [0.4, 0.5) is 5.69 Å². The zero-order valence-electron chi connectivity index (χ0n) is 25.3. The number of carbonyl (C=O) groups is 3. The summed E-state index contributed by atoms with van der Waals surface area (Å²) >= 11 is 0. The van der Waals surface area contributed by atoms with Crippen molar-refractivity contribution in [1.82, 2.24) is 9.80 Å². The smallest absolute Gasteiger partial charge is 0.263 e. The number of imide groups is 1. The maximum atomic E-state index is 13.5. The molecule has 2 heterocycles. The normalized spacial score (nSPS) is 15.0. The summed E-state index contributed by atoms with van der Waals surface area (Å²) in [4.78, 5) is 45.3. The Kier molecular flexibility index (Phi) is 9.19. The van der Waals surface area contributed by atoms with Gasteiger partial charge in [-0.05, 0) is 73.2 Å². The van der Waals surface area contributed by atoms with Gasteiger partial charge in [0, 0.05) is 39.1 Å². The Balaban J connectivity index is 1.18. The Morgan fingerprint density at radius 1 is 0.837 bits per heavy atom. The third kappa shape index (κ3) is 6.30. The highest BCUT2D eigenvalue weighted by atomic mass is 16.5. The minimum atomic E-state index is -0.258. The largest absolute Gasteiger partial charge is 0.497 e. The van der Waals surface area contributed by atoms with E-state index in [1.54, 1.807) is 32.3 Å². The number of amides is 3. The van der Waals surface area contributed by atoms with E-state index >= 15 is 0 Å². The fraction of sp³-hybridized carbons (Fsp3) is 0.382. The second-order valence-electron chi connectivity index (χ2n) is 11.0. The molecular formula is C34H39N3O6. The van der Waals surface area contributed by atoms with E-state index in [-0.39, 0.29) is 23.6 Å². The molecule has 2 aliphatic heterocycles. The van der Waals surface area contributed by atoms with Gasteiger partial charge in [-0.3, -0.25) is 19.3 Å². The van der Waals surface area contributed by atoms with Gasteiger partial charge < -0.3 is 24.0 Å². The highest BCUT2D eigenvalue weighted by Gasteiger charge is 2.39. The summed E-state index contributed by atoms with van der Waals surface area (Å²) in [6, 6.07) is 18.9. The number of rotatable bonds is 11. The van der Waals surface area contributed by atoms with Crippen molar-refractivity contribution in [2.75, 3.05) is 59.5 Å². The molecule has 0 spiro atoms. The van der Waals surface area contributed by atoms with Gasteiger partial charge in [-0.1, -0.05) is 24.3 Å². The maximum Gasteiger partial charge on any atom is 0.263 e. The quantitative estimate of drug-likeness (QED) is 0.307. The van der Waals surface area contributed by atoms with Crippen molar-refractivity contribution in [1.29, 1.82) is 0 Å². The van der Waals surface area contributed by atoms with Gasteiger partial charge in [0.15, 0.2) is 11.5 Å². The molecule has 9 nitrogen and oxygen atoms in total. The van der Waals surface area contributed by atoms with Gasteiger partial charge in [0.05, 0.1) is 38.1 Å². The van der Waals surface area contributed by atoms with Gasteiger partial charge >= 0.3 is 0 Å². The molecule has 3 amide bonds. The molecule has 1 fully saturated rings. The molecule has 0 aliphatic carbocycles. The third-order valence-corrected chi connectivity index (χ3v) is 8.48. The van der Waals surface area contributed by atoms with Crippen molar-refractivity contribution in [3.05, 3.63) is 82.9 Å². The van der Waals surface area contributed by atoms with E-state index < -0.39 is 0 Å². The molecule has 0 unspecified atom stereocenters. The van der Waals surface area contributed by atoms with Crippen LogP contribution in [0.3, 0.4) is 0 Å². The zero-order valence-corrected chi connectivity index (χ0v) is 25.3. The van der Waals surface area contributed by atoms with Crippen molar-refractivity contribution >= 4 is 23.4 Å². The number of piperidine rings is 1. The van der Waals surface area contributed by atoms with E-state index in [2.05, 4.69) is 4.90 Å². The molecule has 0 bridgehead atoms. The van der Waals surface area contributed by atoms with Crippen molar-refractivity contribution in [2.24, 2.45) is 5.92 Å². The van der Waals surface area contributed by atoms with Gasteiger partial charge in [-0.25, -0.2) is 0 Å². The standard InChI is InChI=1S/C34H39N3O6/c1-35(17-13-24-11-12-29(42-3)30(22-24)43-4)32(38)25-15-18-36(19-16-25)28-10-6-9-27-31(28)34(40)37(33(27)39)20-14-23-7-5-8-26(21-23)41-2/h5-12,21-22,25H,13-20H2,1-4H3. The topological polar surface area (TPSA) is 88.6 Å². The Morgan fingerprint density at radius 3 is 2.28 bits per heavy atom. The molecule has 0 N–H and O–H groups in total. The average molecular weight is 586 g/mol. The minimum Gasteiger partial charge on any atom is -0.497 e. The second-order valence-corrected chi connectivity index (χ2v) is 11.0.